The van der Waals surface area contributed by atoms with Gasteiger partial charge < -0.3 is 5.32 Å². The fourth-order valence-electron chi connectivity index (χ4n) is 0.914. The molecular formula is C9H14BrN. The van der Waals surface area contributed by atoms with E-state index in [9.17, 15) is 0 Å². The maximum absolute atomic E-state index is 3.12. The number of likely N-dealkylation sites (N-methyl/N-ethyl adjacent to an activating group) is 1. The van der Waals surface area contributed by atoms with Crippen LogP contribution in [-0.2, 0) is 6.42 Å². The molecule has 0 amide bonds. The molecule has 1 nitrogen and oxygen atoms in total. The second-order valence-electron chi connectivity index (χ2n) is 2.34. The summed E-state index contributed by atoms with van der Waals surface area (Å²) in [6.07, 6.45) is 1.12. The van der Waals surface area contributed by atoms with Gasteiger partial charge in [-0.05, 0) is 25.6 Å². The van der Waals surface area contributed by atoms with Gasteiger partial charge >= 0.3 is 0 Å². The van der Waals surface area contributed by atoms with Crippen molar-refractivity contribution in [2.45, 2.75) is 6.42 Å². The summed E-state index contributed by atoms with van der Waals surface area (Å²) in [5.74, 6) is 0. The Morgan fingerprint density at radius 3 is 2.36 bits per heavy atom. The quantitative estimate of drug-likeness (QED) is 0.815. The average molecular weight is 216 g/mol. The van der Waals surface area contributed by atoms with E-state index in [0.29, 0.717) is 0 Å². The van der Waals surface area contributed by atoms with Crippen LogP contribution in [0.1, 0.15) is 5.56 Å². The van der Waals surface area contributed by atoms with Gasteiger partial charge in [-0.15, -0.1) is 17.0 Å². The normalized spacial score (nSPS) is 8.82. The predicted molar refractivity (Wildman–Crippen MR) is 54.4 cm³/mol. The van der Waals surface area contributed by atoms with Gasteiger partial charge in [0.15, 0.2) is 0 Å². The van der Waals surface area contributed by atoms with Crippen LogP contribution in [0.2, 0.25) is 0 Å². The molecule has 0 radical (unpaired) electrons. The first kappa shape index (κ1) is 10.7. The maximum Gasteiger partial charge on any atom is -0.00114 e. The Bertz CT molecular complexity index is 174. The molecule has 0 heterocycles. The summed E-state index contributed by atoms with van der Waals surface area (Å²) in [6.45, 7) is 1.06. The van der Waals surface area contributed by atoms with Crippen LogP contribution >= 0.6 is 17.0 Å². The van der Waals surface area contributed by atoms with Gasteiger partial charge in [0.2, 0.25) is 0 Å². The lowest BCUT2D eigenvalue weighted by Crippen LogP contribution is -2.09. The predicted octanol–water partition coefficient (Wildman–Crippen LogP) is 2.03. The second-order valence-corrected chi connectivity index (χ2v) is 2.34. The van der Waals surface area contributed by atoms with E-state index in [4.69, 9.17) is 0 Å². The van der Waals surface area contributed by atoms with Gasteiger partial charge in [-0.1, -0.05) is 30.3 Å². The van der Waals surface area contributed by atoms with Crippen molar-refractivity contribution in [2.75, 3.05) is 13.6 Å². The van der Waals surface area contributed by atoms with Gasteiger partial charge in [0.25, 0.3) is 0 Å². The zero-order valence-corrected chi connectivity index (χ0v) is 8.42. The molecule has 0 fully saturated rings. The van der Waals surface area contributed by atoms with Crippen molar-refractivity contribution in [1.82, 2.24) is 5.32 Å². The van der Waals surface area contributed by atoms with Crippen molar-refractivity contribution < 1.29 is 0 Å². The van der Waals surface area contributed by atoms with Crippen LogP contribution in [-0.4, -0.2) is 13.6 Å². The van der Waals surface area contributed by atoms with Crippen LogP contribution < -0.4 is 5.32 Å². The lowest BCUT2D eigenvalue weighted by Gasteiger charge is -1.97. The van der Waals surface area contributed by atoms with E-state index < -0.39 is 0 Å². The molecule has 62 valence electrons. The van der Waals surface area contributed by atoms with Crippen molar-refractivity contribution in [3.05, 3.63) is 35.9 Å². The van der Waals surface area contributed by atoms with Gasteiger partial charge in [0, 0.05) is 0 Å². The summed E-state index contributed by atoms with van der Waals surface area (Å²) in [4.78, 5) is 0. The molecule has 1 aromatic rings. The first-order chi connectivity index (χ1) is 4.93. The third-order valence-corrected chi connectivity index (χ3v) is 1.51. The molecule has 0 spiro atoms. The monoisotopic (exact) mass is 215 g/mol. The van der Waals surface area contributed by atoms with E-state index >= 15 is 0 Å². The Morgan fingerprint density at radius 2 is 1.82 bits per heavy atom. The van der Waals surface area contributed by atoms with E-state index in [2.05, 4.69) is 29.6 Å². The minimum absolute atomic E-state index is 0. The van der Waals surface area contributed by atoms with E-state index in [-0.39, 0.29) is 17.0 Å². The molecule has 1 rings (SSSR count). The molecule has 0 aliphatic carbocycles. The molecule has 2 heteroatoms. The first-order valence-corrected chi connectivity index (χ1v) is 3.62. The van der Waals surface area contributed by atoms with Crippen LogP contribution in [0.3, 0.4) is 0 Å². The van der Waals surface area contributed by atoms with Gasteiger partial charge in [-0.3, -0.25) is 0 Å². The highest BCUT2D eigenvalue weighted by molar-refractivity contribution is 8.93. The molecule has 11 heavy (non-hydrogen) atoms. The Balaban J connectivity index is 0.000001000. The summed E-state index contributed by atoms with van der Waals surface area (Å²) in [6, 6.07) is 10.5. The average Bonchev–Trinajstić information content (AvgIpc) is 2.03. The van der Waals surface area contributed by atoms with Gasteiger partial charge in [0.05, 0.1) is 0 Å². The third kappa shape index (κ3) is 4.17. The van der Waals surface area contributed by atoms with E-state index in [1.165, 1.54) is 5.56 Å². The van der Waals surface area contributed by atoms with Crippen molar-refractivity contribution in [2.24, 2.45) is 0 Å². The summed E-state index contributed by atoms with van der Waals surface area (Å²) in [7, 11) is 1.98. The second kappa shape index (κ2) is 6.38. The van der Waals surface area contributed by atoms with Gasteiger partial charge in [-0.25, -0.2) is 0 Å². The lowest BCUT2D eigenvalue weighted by molar-refractivity contribution is 0.792. The smallest absolute Gasteiger partial charge is 0.00114 e. The zero-order valence-electron chi connectivity index (χ0n) is 6.71. The van der Waals surface area contributed by atoms with Crippen LogP contribution in [0.4, 0.5) is 0 Å². The largest absolute Gasteiger partial charge is 0.319 e. The highest BCUT2D eigenvalue weighted by atomic mass is 79.9. The number of hydrogen-bond acceptors (Lipinski definition) is 1. The van der Waals surface area contributed by atoms with Crippen LogP contribution in [0, 0.1) is 0 Å². The third-order valence-electron chi connectivity index (χ3n) is 1.51. The van der Waals surface area contributed by atoms with Crippen LogP contribution in [0.25, 0.3) is 0 Å². The maximum atomic E-state index is 3.12. The molecule has 0 atom stereocenters. The first-order valence-electron chi connectivity index (χ1n) is 3.62. The minimum atomic E-state index is 0. The molecule has 1 aromatic carbocycles. The van der Waals surface area contributed by atoms with E-state index in [0.717, 1.165) is 13.0 Å². The van der Waals surface area contributed by atoms with E-state index in [1.54, 1.807) is 0 Å². The van der Waals surface area contributed by atoms with Crippen molar-refractivity contribution in [1.29, 1.82) is 0 Å². The highest BCUT2D eigenvalue weighted by Gasteiger charge is 1.86. The molecule has 0 aromatic heterocycles. The number of hydrogen-bond donors (Lipinski definition) is 1. The Morgan fingerprint density at radius 1 is 1.18 bits per heavy atom. The molecule has 0 aliphatic rings. The fourth-order valence-corrected chi connectivity index (χ4v) is 0.914. The molecule has 1 N–H and O–H groups in total. The number of nitrogens with one attached hydrogen (secondary N) is 1. The summed E-state index contributed by atoms with van der Waals surface area (Å²) in [5.41, 5.74) is 1.40. The Hall–Kier alpha value is -0.340. The number of benzene rings is 1. The summed E-state index contributed by atoms with van der Waals surface area (Å²) >= 11 is 0. The lowest BCUT2D eigenvalue weighted by atomic mass is 10.2. The molecule has 0 unspecified atom stereocenters. The molecule has 0 saturated heterocycles. The van der Waals surface area contributed by atoms with Crippen LogP contribution in [0.5, 0.6) is 0 Å². The summed E-state index contributed by atoms with van der Waals surface area (Å²) < 4.78 is 0. The topological polar surface area (TPSA) is 12.0 Å². The van der Waals surface area contributed by atoms with E-state index in [1.807, 2.05) is 13.1 Å². The molecular weight excluding hydrogens is 202 g/mol. The number of rotatable bonds is 3. The van der Waals surface area contributed by atoms with Crippen LogP contribution in [0.15, 0.2) is 30.3 Å². The van der Waals surface area contributed by atoms with Crippen molar-refractivity contribution in [3.8, 4) is 0 Å². The minimum Gasteiger partial charge on any atom is -0.319 e. The molecule has 0 bridgehead atoms. The fraction of sp³-hybridized carbons (Fsp3) is 0.333. The van der Waals surface area contributed by atoms with Gasteiger partial charge in [0.1, 0.15) is 0 Å². The Kier molecular flexibility index (Phi) is 6.18. The molecule has 0 aliphatic heterocycles. The Labute approximate surface area is 78.6 Å². The standard InChI is InChI=1S/C9H13N.BrH/c1-10-8-7-9-5-3-2-4-6-9;/h2-6,10H,7-8H2,1H3;1H. The summed E-state index contributed by atoms with van der Waals surface area (Å²) in [5, 5.41) is 3.12. The SMILES string of the molecule is Br.CNCCc1ccccc1. The van der Waals surface area contributed by atoms with Crippen molar-refractivity contribution in [3.63, 3.8) is 0 Å². The zero-order chi connectivity index (χ0) is 7.23. The highest BCUT2D eigenvalue weighted by Crippen LogP contribution is 1.97. The van der Waals surface area contributed by atoms with Crippen molar-refractivity contribution >= 4 is 17.0 Å². The van der Waals surface area contributed by atoms with Gasteiger partial charge in [-0.2, -0.15) is 0 Å². The number of halogens is 1. The molecule has 0 saturated carbocycles.